The highest BCUT2D eigenvalue weighted by atomic mass is 127. The lowest BCUT2D eigenvalue weighted by atomic mass is 10.2. The molecule has 0 amide bonds. The zero-order chi connectivity index (χ0) is 20.9. The van der Waals surface area contributed by atoms with Crippen molar-refractivity contribution in [3.8, 4) is 17.1 Å². The van der Waals surface area contributed by atoms with E-state index in [1.54, 1.807) is 10.9 Å². The van der Waals surface area contributed by atoms with Gasteiger partial charge in [0.05, 0.1) is 10.7 Å². The third-order valence-corrected chi connectivity index (χ3v) is 5.87. The number of nitrogens with zero attached hydrogens (tertiary/aromatic N) is 3. The van der Waals surface area contributed by atoms with Crippen molar-refractivity contribution in [1.29, 1.82) is 0 Å². The third-order valence-electron chi connectivity index (χ3n) is 4.27. The summed E-state index contributed by atoms with van der Waals surface area (Å²) in [6, 6.07) is 23.9. The van der Waals surface area contributed by atoms with Crippen molar-refractivity contribution >= 4 is 57.0 Å². The summed E-state index contributed by atoms with van der Waals surface area (Å²) in [5, 5.41) is 11.6. The molecule has 1 heterocycles. The minimum atomic E-state index is 0.432. The second kappa shape index (κ2) is 9.67. The Morgan fingerprint density at radius 1 is 1.10 bits per heavy atom. The van der Waals surface area contributed by atoms with Crippen LogP contribution in [0.15, 0.2) is 82.4 Å². The Bertz CT molecular complexity index is 1240. The number of nitrogens with one attached hydrogen (secondary N) is 1. The van der Waals surface area contributed by atoms with Gasteiger partial charge in [-0.3, -0.25) is 0 Å². The Morgan fingerprint density at radius 3 is 2.60 bits per heavy atom. The predicted molar refractivity (Wildman–Crippen MR) is 133 cm³/mol. The number of benzene rings is 3. The first-order valence-electron chi connectivity index (χ1n) is 9.04. The maximum atomic E-state index is 5.93. The summed E-state index contributed by atoms with van der Waals surface area (Å²) < 4.78 is 10.0. The molecular formula is C22H16BrIN4OS. The van der Waals surface area contributed by atoms with E-state index in [9.17, 15) is 0 Å². The van der Waals surface area contributed by atoms with Gasteiger partial charge in [0.2, 0.25) is 4.77 Å². The lowest BCUT2D eigenvalue weighted by molar-refractivity contribution is 0.304. The van der Waals surface area contributed by atoms with Crippen LogP contribution in [0.5, 0.6) is 5.75 Å². The number of aromatic nitrogens is 3. The molecule has 5 nitrogen and oxygen atoms in total. The lowest BCUT2D eigenvalue weighted by Crippen LogP contribution is -1.97. The number of rotatable bonds is 6. The molecule has 0 fully saturated rings. The third kappa shape index (κ3) is 5.05. The van der Waals surface area contributed by atoms with Gasteiger partial charge in [-0.2, -0.15) is 14.9 Å². The van der Waals surface area contributed by atoms with Crippen molar-refractivity contribution in [3.05, 3.63) is 96.7 Å². The molecule has 30 heavy (non-hydrogen) atoms. The highest BCUT2D eigenvalue weighted by Crippen LogP contribution is 2.26. The molecule has 4 aromatic rings. The Balaban J connectivity index is 1.50. The second-order valence-electron chi connectivity index (χ2n) is 6.38. The van der Waals surface area contributed by atoms with Crippen LogP contribution >= 0.6 is 50.7 Å². The van der Waals surface area contributed by atoms with Gasteiger partial charge in [0.25, 0.3) is 0 Å². The topological polar surface area (TPSA) is 55.2 Å². The highest BCUT2D eigenvalue weighted by Gasteiger charge is 2.08. The molecule has 1 aromatic heterocycles. The fourth-order valence-corrected chi connectivity index (χ4v) is 3.80. The highest BCUT2D eigenvalue weighted by molar-refractivity contribution is 14.1. The molecule has 0 bridgehead atoms. The van der Waals surface area contributed by atoms with Gasteiger partial charge in [0, 0.05) is 9.13 Å². The molecule has 0 atom stereocenters. The van der Waals surface area contributed by atoms with E-state index < -0.39 is 0 Å². The Morgan fingerprint density at radius 2 is 1.87 bits per heavy atom. The number of halogens is 2. The van der Waals surface area contributed by atoms with E-state index in [1.807, 2.05) is 48.5 Å². The molecule has 8 heteroatoms. The summed E-state index contributed by atoms with van der Waals surface area (Å²) in [5.41, 5.74) is 2.96. The molecule has 0 unspecified atom stereocenters. The minimum Gasteiger partial charge on any atom is -0.488 e. The largest absolute Gasteiger partial charge is 0.488 e. The zero-order valence-electron chi connectivity index (χ0n) is 15.6. The molecule has 3 aromatic carbocycles. The van der Waals surface area contributed by atoms with Gasteiger partial charge >= 0.3 is 0 Å². The molecule has 0 aliphatic carbocycles. The van der Waals surface area contributed by atoms with Gasteiger partial charge in [-0.25, -0.2) is 5.10 Å². The lowest BCUT2D eigenvalue weighted by Gasteiger charge is -2.09. The molecule has 0 radical (unpaired) electrons. The van der Waals surface area contributed by atoms with E-state index in [-0.39, 0.29) is 0 Å². The summed E-state index contributed by atoms with van der Waals surface area (Å²) >= 11 is 11.2. The van der Waals surface area contributed by atoms with E-state index in [2.05, 4.69) is 78.1 Å². The van der Waals surface area contributed by atoms with E-state index >= 15 is 0 Å². The number of hydrogen-bond acceptors (Lipinski definition) is 4. The van der Waals surface area contributed by atoms with Crippen LogP contribution in [-0.4, -0.2) is 21.1 Å². The molecule has 0 saturated carbocycles. The average Bonchev–Trinajstić information content (AvgIpc) is 3.13. The number of aromatic amines is 1. The standard InChI is InChI=1S/C22H16BrIN4OS/c23-19-12-16(8-11-20(19)29-14-15-6-9-18(24)10-7-15)13-25-28-21(26-27-22(28)30)17-4-2-1-3-5-17/h1-13H,14H2,(H,27,30)/b25-13-. The zero-order valence-corrected chi connectivity index (χ0v) is 20.2. The maximum Gasteiger partial charge on any atom is 0.216 e. The summed E-state index contributed by atoms with van der Waals surface area (Å²) in [7, 11) is 0. The van der Waals surface area contributed by atoms with Crippen molar-refractivity contribution < 1.29 is 4.74 Å². The van der Waals surface area contributed by atoms with Gasteiger partial charge in [0.15, 0.2) is 5.82 Å². The van der Waals surface area contributed by atoms with Crippen molar-refractivity contribution in [2.45, 2.75) is 6.61 Å². The van der Waals surface area contributed by atoms with Crippen LogP contribution in [0.25, 0.3) is 11.4 Å². The predicted octanol–water partition coefficient (Wildman–Crippen LogP) is 6.44. The second-order valence-corrected chi connectivity index (χ2v) is 8.87. The molecule has 150 valence electrons. The Kier molecular flexibility index (Phi) is 6.76. The van der Waals surface area contributed by atoms with E-state index in [0.29, 0.717) is 17.2 Å². The maximum absolute atomic E-state index is 5.93. The number of ether oxygens (including phenoxy) is 1. The van der Waals surface area contributed by atoms with Crippen molar-refractivity contribution in [2.24, 2.45) is 5.10 Å². The molecular weight excluding hydrogens is 575 g/mol. The van der Waals surface area contributed by atoms with Gasteiger partial charge < -0.3 is 4.74 Å². The van der Waals surface area contributed by atoms with Crippen LogP contribution in [0, 0.1) is 8.34 Å². The van der Waals surface area contributed by atoms with Crippen molar-refractivity contribution in [3.63, 3.8) is 0 Å². The van der Waals surface area contributed by atoms with E-state index in [1.165, 1.54) is 3.57 Å². The van der Waals surface area contributed by atoms with Gasteiger partial charge in [-0.05, 0) is 92.2 Å². The molecule has 0 saturated heterocycles. The summed E-state index contributed by atoms with van der Waals surface area (Å²) in [6.07, 6.45) is 1.74. The molecule has 1 N–H and O–H groups in total. The molecule has 0 aliphatic rings. The average molecular weight is 591 g/mol. The quantitative estimate of drug-likeness (QED) is 0.160. The first-order valence-corrected chi connectivity index (χ1v) is 11.3. The Hall–Kier alpha value is -2.30. The summed E-state index contributed by atoms with van der Waals surface area (Å²) in [6.45, 7) is 0.508. The fourth-order valence-electron chi connectivity index (χ4n) is 2.75. The van der Waals surface area contributed by atoms with Gasteiger partial charge in [-0.1, -0.05) is 42.5 Å². The van der Waals surface area contributed by atoms with Crippen LogP contribution in [0.1, 0.15) is 11.1 Å². The number of hydrogen-bond donors (Lipinski definition) is 1. The van der Waals surface area contributed by atoms with Gasteiger partial charge in [0.1, 0.15) is 12.4 Å². The molecule has 4 rings (SSSR count). The monoisotopic (exact) mass is 590 g/mol. The van der Waals surface area contributed by atoms with E-state index in [4.69, 9.17) is 17.0 Å². The summed E-state index contributed by atoms with van der Waals surface area (Å²) in [5.74, 6) is 1.43. The SMILES string of the molecule is S=c1[nH]nc(-c2ccccc2)n1/N=C\c1ccc(OCc2ccc(I)cc2)c(Br)c1. The van der Waals surface area contributed by atoms with Crippen LogP contribution < -0.4 is 4.74 Å². The first-order chi connectivity index (χ1) is 14.6. The minimum absolute atomic E-state index is 0.432. The fraction of sp³-hybridized carbons (Fsp3) is 0.0455. The Labute approximate surface area is 201 Å². The smallest absolute Gasteiger partial charge is 0.216 e. The van der Waals surface area contributed by atoms with Gasteiger partial charge in [-0.15, -0.1) is 0 Å². The van der Waals surface area contributed by atoms with Crippen LogP contribution in [0.4, 0.5) is 0 Å². The first kappa shape index (κ1) is 21.0. The molecule has 0 aliphatic heterocycles. The molecule has 0 spiro atoms. The van der Waals surface area contributed by atoms with Crippen LogP contribution in [0.3, 0.4) is 0 Å². The van der Waals surface area contributed by atoms with Crippen LogP contribution in [0.2, 0.25) is 0 Å². The van der Waals surface area contributed by atoms with Crippen molar-refractivity contribution in [2.75, 3.05) is 0 Å². The van der Waals surface area contributed by atoms with Crippen LogP contribution in [-0.2, 0) is 6.61 Å². The van der Waals surface area contributed by atoms with E-state index in [0.717, 1.165) is 26.9 Å². The van der Waals surface area contributed by atoms with Crippen molar-refractivity contribution in [1.82, 2.24) is 14.9 Å². The normalized spacial score (nSPS) is 11.1. The summed E-state index contributed by atoms with van der Waals surface area (Å²) in [4.78, 5) is 0. The number of H-pyrrole nitrogens is 1.